The van der Waals surface area contributed by atoms with E-state index in [4.69, 9.17) is 15.7 Å². The topological polar surface area (TPSA) is 55.0 Å². The highest BCUT2D eigenvalue weighted by Crippen LogP contribution is 2.39. The molecule has 0 saturated heterocycles. The molecule has 2 N–H and O–H groups in total. The van der Waals surface area contributed by atoms with Crippen molar-refractivity contribution in [2.45, 2.75) is 45.7 Å². The van der Waals surface area contributed by atoms with Crippen molar-refractivity contribution in [3.05, 3.63) is 82.9 Å². The maximum Gasteiger partial charge on any atom is 0.0607 e. The summed E-state index contributed by atoms with van der Waals surface area (Å²) in [4.78, 5) is 12.0. The van der Waals surface area contributed by atoms with Gasteiger partial charge in [0.1, 0.15) is 0 Å². The van der Waals surface area contributed by atoms with E-state index < -0.39 is 0 Å². The van der Waals surface area contributed by atoms with Crippen LogP contribution < -0.4 is 5.73 Å². The molecule has 0 amide bonds. The summed E-state index contributed by atoms with van der Waals surface area (Å²) in [6.45, 7) is 2.34. The van der Waals surface area contributed by atoms with Gasteiger partial charge in [-0.05, 0) is 59.2 Å². The van der Waals surface area contributed by atoms with Gasteiger partial charge in [0, 0.05) is 38.4 Å². The summed E-state index contributed by atoms with van der Waals surface area (Å²) < 4.78 is 0. The highest BCUT2D eigenvalue weighted by molar-refractivity contribution is 5.77. The molecule has 0 fully saturated rings. The van der Waals surface area contributed by atoms with E-state index in [1.165, 1.54) is 45.6 Å². The highest BCUT2D eigenvalue weighted by atomic mass is 15.2. The van der Waals surface area contributed by atoms with Gasteiger partial charge >= 0.3 is 0 Å². The smallest absolute Gasteiger partial charge is 0.0607 e. The maximum atomic E-state index is 6.01. The summed E-state index contributed by atoms with van der Waals surface area (Å²) >= 11 is 0. The van der Waals surface area contributed by atoms with Gasteiger partial charge in [0.25, 0.3) is 0 Å². The van der Waals surface area contributed by atoms with Crippen molar-refractivity contribution in [1.29, 1.82) is 0 Å². The first-order valence-electron chi connectivity index (χ1n) is 10.3. The molecule has 0 aliphatic heterocycles. The molecule has 3 aromatic rings. The second kappa shape index (κ2) is 8.44. The molecule has 2 aliphatic carbocycles. The molecule has 0 saturated carbocycles. The van der Waals surface area contributed by atoms with Crippen molar-refractivity contribution in [2.24, 2.45) is 5.73 Å². The number of rotatable bonds is 5. The van der Waals surface area contributed by atoms with Crippen LogP contribution in [-0.4, -0.2) is 28.0 Å². The summed E-state index contributed by atoms with van der Waals surface area (Å²) in [5.41, 5.74) is 15.3. The van der Waals surface area contributed by atoms with E-state index in [-0.39, 0.29) is 7.43 Å². The Kier molecular flexibility index (Phi) is 5.74. The lowest BCUT2D eigenvalue weighted by Crippen LogP contribution is -2.36. The average Bonchev–Trinajstić information content (AvgIpc) is 3.13. The van der Waals surface area contributed by atoms with Gasteiger partial charge in [0.15, 0.2) is 0 Å². The third kappa shape index (κ3) is 3.59. The lowest BCUT2D eigenvalue weighted by molar-refractivity contribution is 0.168. The van der Waals surface area contributed by atoms with E-state index in [0.29, 0.717) is 12.6 Å². The van der Waals surface area contributed by atoms with Crippen molar-refractivity contribution in [3.8, 4) is 11.1 Å². The Bertz CT molecular complexity index is 998. The monoisotopic (exact) mass is 386 g/mol. The standard InChI is InChI=1S/C24H26N4.CH4/c25-11-14-28(23-9-3-6-17-7-4-12-27-24(17)23)16-22-21-15-18-5-1-2-8-19(18)20(21)10-13-26-22;/h1-2,4-5,7-8,10,12-13,23H,3,6,9,11,14-16,25H2;1H4. The first-order valence-corrected chi connectivity index (χ1v) is 10.3. The zero-order valence-corrected chi connectivity index (χ0v) is 16.1. The summed E-state index contributed by atoms with van der Waals surface area (Å²) in [5, 5.41) is 0. The summed E-state index contributed by atoms with van der Waals surface area (Å²) in [6.07, 6.45) is 8.33. The summed E-state index contributed by atoms with van der Waals surface area (Å²) in [7, 11) is 0. The number of aryl methyl sites for hydroxylation is 1. The molecule has 2 aliphatic rings. The van der Waals surface area contributed by atoms with E-state index in [9.17, 15) is 0 Å². The third-order valence-electron chi connectivity index (χ3n) is 6.20. The number of pyridine rings is 2. The van der Waals surface area contributed by atoms with Gasteiger partial charge in [-0.25, -0.2) is 0 Å². The number of aromatic nitrogens is 2. The van der Waals surface area contributed by atoms with E-state index in [2.05, 4.69) is 47.4 Å². The summed E-state index contributed by atoms with van der Waals surface area (Å²) in [6, 6.07) is 15.5. The van der Waals surface area contributed by atoms with Crippen LogP contribution >= 0.6 is 0 Å². The van der Waals surface area contributed by atoms with Crippen molar-refractivity contribution in [3.63, 3.8) is 0 Å². The number of nitrogens with zero attached hydrogens (tertiary/aromatic N) is 3. The molecule has 4 nitrogen and oxygen atoms in total. The Morgan fingerprint density at radius 2 is 1.83 bits per heavy atom. The second-order valence-electron chi connectivity index (χ2n) is 7.83. The van der Waals surface area contributed by atoms with E-state index >= 15 is 0 Å². The third-order valence-corrected chi connectivity index (χ3v) is 6.20. The Morgan fingerprint density at radius 1 is 0.966 bits per heavy atom. The van der Waals surface area contributed by atoms with Crippen LogP contribution in [0.15, 0.2) is 54.9 Å². The van der Waals surface area contributed by atoms with Crippen LogP contribution in [0.1, 0.15) is 54.4 Å². The molecule has 4 heteroatoms. The minimum atomic E-state index is 0. The number of benzene rings is 1. The molecule has 29 heavy (non-hydrogen) atoms. The molecule has 0 bridgehead atoms. The molecule has 150 valence electrons. The van der Waals surface area contributed by atoms with Crippen LogP contribution in [0.25, 0.3) is 11.1 Å². The first-order chi connectivity index (χ1) is 13.8. The Labute approximate surface area is 173 Å². The second-order valence-corrected chi connectivity index (χ2v) is 7.83. The van der Waals surface area contributed by atoms with Crippen molar-refractivity contribution < 1.29 is 0 Å². The van der Waals surface area contributed by atoms with Crippen LogP contribution in [-0.2, 0) is 19.4 Å². The van der Waals surface area contributed by atoms with Gasteiger partial charge in [-0.15, -0.1) is 0 Å². The maximum absolute atomic E-state index is 6.01. The molecule has 2 heterocycles. The molecule has 1 atom stereocenters. The van der Waals surface area contributed by atoms with E-state index in [1.54, 1.807) is 0 Å². The quantitative estimate of drug-likeness (QED) is 0.548. The van der Waals surface area contributed by atoms with Gasteiger partial charge in [-0.2, -0.15) is 0 Å². The predicted octanol–water partition coefficient (Wildman–Crippen LogP) is 4.52. The Morgan fingerprint density at radius 3 is 2.72 bits per heavy atom. The van der Waals surface area contributed by atoms with Crippen LogP contribution in [0, 0.1) is 0 Å². The first kappa shape index (κ1) is 19.7. The molecule has 1 aromatic carbocycles. The lowest BCUT2D eigenvalue weighted by atomic mass is 9.90. The molecule has 0 radical (unpaired) electrons. The predicted molar refractivity (Wildman–Crippen MR) is 119 cm³/mol. The molecular formula is C25H30N4. The van der Waals surface area contributed by atoms with E-state index in [0.717, 1.165) is 32.4 Å². The summed E-state index contributed by atoms with van der Waals surface area (Å²) in [5.74, 6) is 0. The SMILES string of the molecule is C.NCCN(Cc1nccc2c1Cc1ccccc1-2)C1CCCc2cccnc21. The Balaban J connectivity index is 0.00000205. The van der Waals surface area contributed by atoms with Gasteiger partial charge in [-0.1, -0.05) is 37.8 Å². The molecule has 1 unspecified atom stereocenters. The highest BCUT2D eigenvalue weighted by Gasteiger charge is 2.29. The minimum absolute atomic E-state index is 0. The van der Waals surface area contributed by atoms with Crippen LogP contribution in [0.3, 0.4) is 0 Å². The molecule has 2 aromatic heterocycles. The lowest BCUT2D eigenvalue weighted by Gasteiger charge is -2.35. The molecule has 0 spiro atoms. The van der Waals surface area contributed by atoms with E-state index in [1.807, 2.05) is 12.4 Å². The Hall–Kier alpha value is -2.56. The fourth-order valence-electron chi connectivity index (χ4n) is 4.89. The van der Waals surface area contributed by atoms with Crippen molar-refractivity contribution in [2.75, 3.05) is 13.1 Å². The molecular weight excluding hydrogens is 356 g/mol. The van der Waals surface area contributed by atoms with Crippen molar-refractivity contribution >= 4 is 0 Å². The molecule has 5 rings (SSSR count). The average molecular weight is 387 g/mol. The fraction of sp³-hybridized carbons (Fsp3) is 0.360. The van der Waals surface area contributed by atoms with Crippen LogP contribution in [0.5, 0.6) is 0 Å². The zero-order valence-electron chi connectivity index (χ0n) is 16.1. The van der Waals surface area contributed by atoms with Crippen molar-refractivity contribution in [1.82, 2.24) is 14.9 Å². The minimum Gasteiger partial charge on any atom is -0.329 e. The zero-order chi connectivity index (χ0) is 18.9. The van der Waals surface area contributed by atoms with Gasteiger partial charge in [-0.3, -0.25) is 14.9 Å². The van der Waals surface area contributed by atoms with Gasteiger partial charge in [0.05, 0.1) is 17.4 Å². The fourth-order valence-corrected chi connectivity index (χ4v) is 4.89. The number of hydrogen-bond acceptors (Lipinski definition) is 4. The van der Waals surface area contributed by atoms with Crippen LogP contribution in [0.2, 0.25) is 0 Å². The normalized spacial score (nSPS) is 16.7. The van der Waals surface area contributed by atoms with Crippen LogP contribution in [0.4, 0.5) is 0 Å². The largest absolute Gasteiger partial charge is 0.329 e. The van der Waals surface area contributed by atoms with Gasteiger partial charge in [0.2, 0.25) is 0 Å². The van der Waals surface area contributed by atoms with Gasteiger partial charge < -0.3 is 5.73 Å². The number of fused-ring (bicyclic) bond motifs is 4. The number of hydrogen-bond donors (Lipinski definition) is 1. The number of nitrogens with two attached hydrogens (primary N) is 1.